The summed E-state index contributed by atoms with van der Waals surface area (Å²) in [5.41, 5.74) is -0.555. The fourth-order valence-electron chi connectivity index (χ4n) is 2.33. The van der Waals surface area contributed by atoms with Crippen LogP contribution in [-0.4, -0.2) is 35.5 Å². The van der Waals surface area contributed by atoms with Gasteiger partial charge in [0.2, 0.25) is 11.8 Å². The molecule has 6 nitrogen and oxygen atoms in total. The average Bonchev–Trinajstić information content (AvgIpc) is 2.51. The lowest BCUT2D eigenvalue weighted by Crippen LogP contribution is -2.48. The molecule has 0 bridgehead atoms. The zero-order valence-electron chi connectivity index (χ0n) is 14.9. The molecule has 0 spiro atoms. The Labute approximate surface area is 146 Å². The zero-order valence-corrected chi connectivity index (χ0v) is 14.9. The van der Waals surface area contributed by atoms with Gasteiger partial charge in [0.15, 0.2) is 0 Å². The van der Waals surface area contributed by atoms with Gasteiger partial charge in [0.1, 0.15) is 11.9 Å². The smallest absolute Gasteiger partial charge is 0.326 e. The van der Waals surface area contributed by atoms with Crippen molar-refractivity contribution in [2.24, 2.45) is 5.92 Å². The normalized spacial score (nSPS) is 12.6. The number of benzene rings is 1. The second-order valence-electron chi connectivity index (χ2n) is 6.91. The number of rotatable bonds is 8. The van der Waals surface area contributed by atoms with Gasteiger partial charge in [0.05, 0.1) is 12.0 Å². The van der Waals surface area contributed by atoms with Crippen molar-refractivity contribution in [2.45, 2.75) is 45.6 Å². The average molecular weight is 352 g/mol. The molecule has 7 heteroatoms. The molecule has 0 heterocycles. The number of carbonyl (C=O) groups is 3. The van der Waals surface area contributed by atoms with E-state index in [2.05, 4.69) is 10.6 Å². The van der Waals surface area contributed by atoms with Gasteiger partial charge < -0.3 is 15.7 Å². The molecule has 1 atom stereocenters. The summed E-state index contributed by atoms with van der Waals surface area (Å²) in [6.07, 6.45) is 0.295. The molecular formula is C18H25FN2O4. The minimum absolute atomic E-state index is 0.0999. The van der Waals surface area contributed by atoms with Gasteiger partial charge in [0.25, 0.3) is 0 Å². The maximum absolute atomic E-state index is 13.3. The van der Waals surface area contributed by atoms with E-state index in [1.54, 1.807) is 19.9 Å². The molecule has 1 rings (SSSR count). The van der Waals surface area contributed by atoms with Crippen LogP contribution >= 0.6 is 0 Å². The van der Waals surface area contributed by atoms with Gasteiger partial charge in [-0.15, -0.1) is 0 Å². The lowest BCUT2D eigenvalue weighted by atomic mass is 9.83. The Morgan fingerprint density at radius 2 is 1.88 bits per heavy atom. The molecule has 0 aliphatic heterocycles. The minimum atomic E-state index is -1.12. The summed E-state index contributed by atoms with van der Waals surface area (Å²) in [6.45, 7) is 6.60. The molecule has 0 radical (unpaired) electrons. The molecule has 1 aromatic carbocycles. The highest BCUT2D eigenvalue weighted by Gasteiger charge is 2.30. The van der Waals surface area contributed by atoms with E-state index in [-0.39, 0.29) is 12.5 Å². The number of aliphatic carboxylic acids is 1. The number of nitrogens with one attached hydrogen (secondary N) is 2. The number of amides is 2. The Morgan fingerprint density at radius 3 is 2.40 bits per heavy atom. The van der Waals surface area contributed by atoms with Gasteiger partial charge in [-0.3, -0.25) is 9.59 Å². The van der Waals surface area contributed by atoms with Crippen LogP contribution in [0.15, 0.2) is 24.3 Å². The molecule has 0 saturated heterocycles. The lowest BCUT2D eigenvalue weighted by molar-refractivity contribution is -0.142. The summed E-state index contributed by atoms with van der Waals surface area (Å²) in [6, 6.07) is 4.69. The summed E-state index contributed by atoms with van der Waals surface area (Å²) < 4.78 is 13.3. The lowest BCUT2D eigenvalue weighted by Gasteiger charge is -2.24. The Morgan fingerprint density at radius 1 is 1.24 bits per heavy atom. The van der Waals surface area contributed by atoms with Crippen LogP contribution in [0.2, 0.25) is 0 Å². The number of hydrogen-bond acceptors (Lipinski definition) is 3. The molecular weight excluding hydrogens is 327 g/mol. The first-order valence-corrected chi connectivity index (χ1v) is 8.10. The van der Waals surface area contributed by atoms with Crippen molar-refractivity contribution in [3.63, 3.8) is 0 Å². The molecule has 0 fully saturated rings. The molecule has 0 aliphatic rings. The van der Waals surface area contributed by atoms with Gasteiger partial charge in [-0.25, -0.2) is 9.18 Å². The summed E-state index contributed by atoms with van der Waals surface area (Å²) in [5, 5.41) is 14.0. The first-order valence-electron chi connectivity index (χ1n) is 8.10. The van der Waals surface area contributed by atoms with E-state index in [1.807, 2.05) is 13.8 Å². The van der Waals surface area contributed by atoms with Crippen LogP contribution in [0.4, 0.5) is 4.39 Å². The van der Waals surface area contributed by atoms with E-state index < -0.39 is 35.1 Å². The summed E-state index contributed by atoms with van der Waals surface area (Å²) in [7, 11) is 0. The van der Waals surface area contributed by atoms with Crippen LogP contribution in [-0.2, 0) is 19.8 Å². The second-order valence-corrected chi connectivity index (χ2v) is 6.91. The van der Waals surface area contributed by atoms with E-state index in [0.717, 1.165) is 0 Å². The van der Waals surface area contributed by atoms with Gasteiger partial charge in [-0.1, -0.05) is 26.0 Å². The van der Waals surface area contributed by atoms with Gasteiger partial charge >= 0.3 is 5.97 Å². The van der Waals surface area contributed by atoms with E-state index >= 15 is 0 Å². The van der Waals surface area contributed by atoms with Gasteiger partial charge in [-0.05, 0) is 43.9 Å². The molecule has 3 N–H and O–H groups in total. The Kier molecular flexibility index (Phi) is 7.09. The fraction of sp³-hybridized carbons (Fsp3) is 0.500. The predicted molar refractivity (Wildman–Crippen MR) is 91.5 cm³/mol. The van der Waals surface area contributed by atoms with Crippen molar-refractivity contribution in [3.8, 4) is 0 Å². The predicted octanol–water partition coefficient (Wildman–Crippen LogP) is 1.83. The van der Waals surface area contributed by atoms with Crippen molar-refractivity contribution >= 4 is 17.8 Å². The SMILES string of the molecule is CC(C)C[C@H](NC(=O)CNC(=O)C(C)(C)c1cccc(F)c1)C(=O)O. The first kappa shape index (κ1) is 20.6. The largest absolute Gasteiger partial charge is 0.480 e. The molecule has 25 heavy (non-hydrogen) atoms. The highest BCUT2D eigenvalue weighted by molar-refractivity contribution is 5.92. The molecule has 2 amide bonds. The van der Waals surface area contributed by atoms with Crippen LogP contribution in [0.5, 0.6) is 0 Å². The van der Waals surface area contributed by atoms with E-state index in [9.17, 15) is 18.8 Å². The highest BCUT2D eigenvalue weighted by Crippen LogP contribution is 2.23. The molecule has 0 aromatic heterocycles. The van der Waals surface area contributed by atoms with Gasteiger partial charge in [0, 0.05) is 0 Å². The monoisotopic (exact) mass is 352 g/mol. The van der Waals surface area contributed by atoms with E-state index in [0.29, 0.717) is 12.0 Å². The highest BCUT2D eigenvalue weighted by atomic mass is 19.1. The van der Waals surface area contributed by atoms with Gasteiger partial charge in [-0.2, -0.15) is 0 Å². The van der Waals surface area contributed by atoms with Crippen LogP contribution < -0.4 is 10.6 Å². The molecule has 0 unspecified atom stereocenters. The first-order chi connectivity index (χ1) is 11.5. The van der Waals surface area contributed by atoms with E-state index in [4.69, 9.17) is 5.11 Å². The number of carboxylic acids is 1. The third kappa shape index (κ3) is 6.17. The third-order valence-electron chi connectivity index (χ3n) is 3.86. The van der Waals surface area contributed by atoms with Crippen molar-refractivity contribution in [2.75, 3.05) is 6.54 Å². The van der Waals surface area contributed by atoms with Crippen molar-refractivity contribution in [1.82, 2.24) is 10.6 Å². The fourth-order valence-corrected chi connectivity index (χ4v) is 2.33. The summed E-state index contributed by atoms with van der Waals surface area (Å²) in [4.78, 5) is 35.4. The number of carbonyl (C=O) groups excluding carboxylic acids is 2. The Bertz CT molecular complexity index is 644. The zero-order chi connectivity index (χ0) is 19.2. The number of hydrogen-bond donors (Lipinski definition) is 3. The molecule has 0 saturated carbocycles. The molecule has 138 valence electrons. The maximum atomic E-state index is 13.3. The summed E-state index contributed by atoms with van der Waals surface area (Å²) >= 11 is 0. The number of halogens is 1. The van der Waals surface area contributed by atoms with Crippen LogP contribution in [0.3, 0.4) is 0 Å². The van der Waals surface area contributed by atoms with Crippen LogP contribution in [0.1, 0.15) is 39.7 Å². The quantitative estimate of drug-likeness (QED) is 0.665. The van der Waals surface area contributed by atoms with Crippen molar-refractivity contribution in [3.05, 3.63) is 35.6 Å². The standard InChI is InChI=1S/C18H25FN2O4/c1-11(2)8-14(16(23)24)21-15(22)10-20-17(25)18(3,4)12-6-5-7-13(19)9-12/h5-7,9,11,14H,8,10H2,1-4H3,(H,20,25)(H,21,22)(H,23,24)/t14-/m0/s1. The number of carboxylic acid groups (broad SMARTS) is 1. The molecule has 0 aliphatic carbocycles. The second kappa shape index (κ2) is 8.60. The molecule has 1 aromatic rings. The van der Waals surface area contributed by atoms with Crippen molar-refractivity contribution in [1.29, 1.82) is 0 Å². The maximum Gasteiger partial charge on any atom is 0.326 e. The summed E-state index contributed by atoms with van der Waals surface area (Å²) in [5.74, 6) is -2.51. The van der Waals surface area contributed by atoms with Crippen LogP contribution in [0.25, 0.3) is 0 Å². The Hall–Kier alpha value is -2.44. The van der Waals surface area contributed by atoms with Crippen LogP contribution in [0, 0.1) is 11.7 Å². The van der Waals surface area contributed by atoms with E-state index in [1.165, 1.54) is 18.2 Å². The van der Waals surface area contributed by atoms with Crippen molar-refractivity contribution < 1.29 is 23.9 Å². The minimum Gasteiger partial charge on any atom is -0.480 e. The topological polar surface area (TPSA) is 95.5 Å². The third-order valence-corrected chi connectivity index (χ3v) is 3.86. The Balaban J connectivity index is 2.65.